The van der Waals surface area contributed by atoms with Gasteiger partial charge in [0, 0.05) is 36.3 Å². The maximum atomic E-state index is 5.99. The molecule has 4 heteroatoms. The summed E-state index contributed by atoms with van der Waals surface area (Å²) >= 11 is 0. The molecule has 200 valence electrons. The van der Waals surface area contributed by atoms with Gasteiger partial charge in [0.05, 0.1) is 18.0 Å². The summed E-state index contributed by atoms with van der Waals surface area (Å²) in [6.45, 7) is 11.0. The SMILES string of the molecule is CCCCCn1c(-c2ccccc2)nc(-c2ccccc2)c1CN(CCCC)Cc1ccccc1OCC. The van der Waals surface area contributed by atoms with E-state index in [0.29, 0.717) is 6.61 Å². The van der Waals surface area contributed by atoms with E-state index in [4.69, 9.17) is 9.72 Å². The third-order valence-electron chi connectivity index (χ3n) is 7.00. The highest BCUT2D eigenvalue weighted by Crippen LogP contribution is 2.32. The van der Waals surface area contributed by atoms with E-state index >= 15 is 0 Å². The number of rotatable bonds is 15. The first kappa shape index (κ1) is 27.7. The zero-order chi connectivity index (χ0) is 26.6. The first-order chi connectivity index (χ1) is 18.7. The van der Waals surface area contributed by atoms with Gasteiger partial charge in [-0.15, -0.1) is 0 Å². The molecule has 38 heavy (non-hydrogen) atoms. The van der Waals surface area contributed by atoms with E-state index in [0.717, 1.165) is 56.3 Å². The van der Waals surface area contributed by atoms with Crippen molar-refractivity contribution in [1.29, 1.82) is 0 Å². The van der Waals surface area contributed by atoms with Crippen molar-refractivity contribution in [1.82, 2.24) is 14.5 Å². The second-order valence-electron chi connectivity index (χ2n) is 9.93. The second-order valence-corrected chi connectivity index (χ2v) is 9.93. The van der Waals surface area contributed by atoms with Crippen LogP contribution in [-0.4, -0.2) is 27.6 Å². The summed E-state index contributed by atoms with van der Waals surface area (Å²) in [5.74, 6) is 2.06. The van der Waals surface area contributed by atoms with E-state index in [9.17, 15) is 0 Å². The Balaban J connectivity index is 1.79. The molecule has 3 aromatic carbocycles. The topological polar surface area (TPSA) is 30.3 Å². The fraction of sp³-hybridized carbons (Fsp3) is 0.382. The van der Waals surface area contributed by atoms with Crippen molar-refractivity contribution in [3.05, 3.63) is 96.2 Å². The predicted octanol–water partition coefficient (Wildman–Crippen LogP) is 8.61. The molecule has 0 N–H and O–H groups in total. The van der Waals surface area contributed by atoms with Crippen LogP contribution in [0.1, 0.15) is 64.1 Å². The number of ether oxygens (including phenoxy) is 1. The Morgan fingerprint density at radius 1 is 0.711 bits per heavy atom. The van der Waals surface area contributed by atoms with E-state index in [1.54, 1.807) is 0 Å². The maximum Gasteiger partial charge on any atom is 0.140 e. The van der Waals surface area contributed by atoms with Crippen molar-refractivity contribution in [2.24, 2.45) is 0 Å². The zero-order valence-corrected chi connectivity index (χ0v) is 23.4. The summed E-state index contributed by atoms with van der Waals surface area (Å²) in [4.78, 5) is 7.91. The highest BCUT2D eigenvalue weighted by Gasteiger charge is 2.22. The van der Waals surface area contributed by atoms with E-state index in [1.165, 1.54) is 41.6 Å². The van der Waals surface area contributed by atoms with Crippen LogP contribution in [0.3, 0.4) is 0 Å². The fourth-order valence-electron chi connectivity index (χ4n) is 5.02. The first-order valence-corrected chi connectivity index (χ1v) is 14.4. The second kappa shape index (κ2) is 14.5. The van der Waals surface area contributed by atoms with Gasteiger partial charge in [0.1, 0.15) is 11.6 Å². The minimum Gasteiger partial charge on any atom is -0.494 e. The molecule has 0 spiro atoms. The molecule has 0 atom stereocenters. The van der Waals surface area contributed by atoms with E-state index in [1.807, 2.05) is 0 Å². The van der Waals surface area contributed by atoms with Crippen molar-refractivity contribution in [2.75, 3.05) is 13.2 Å². The van der Waals surface area contributed by atoms with Crippen molar-refractivity contribution >= 4 is 0 Å². The van der Waals surface area contributed by atoms with Crippen molar-refractivity contribution < 1.29 is 4.74 Å². The molecule has 0 fully saturated rings. The van der Waals surface area contributed by atoms with Crippen LogP contribution < -0.4 is 4.74 Å². The van der Waals surface area contributed by atoms with Crippen LogP contribution in [0.2, 0.25) is 0 Å². The molecule has 0 bridgehead atoms. The summed E-state index contributed by atoms with van der Waals surface area (Å²) in [6.07, 6.45) is 5.89. The molecule has 0 radical (unpaired) electrons. The van der Waals surface area contributed by atoms with Crippen molar-refractivity contribution in [3.8, 4) is 28.4 Å². The Morgan fingerprint density at radius 2 is 1.37 bits per heavy atom. The molecule has 0 saturated carbocycles. The smallest absolute Gasteiger partial charge is 0.140 e. The molecule has 1 aromatic heterocycles. The number of hydrogen-bond acceptors (Lipinski definition) is 3. The molecular formula is C34H43N3O. The van der Waals surface area contributed by atoms with Gasteiger partial charge in [0.15, 0.2) is 0 Å². The summed E-state index contributed by atoms with van der Waals surface area (Å²) in [5.41, 5.74) is 6.00. The van der Waals surface area contributed by atoms with E-state index < -0.39 is 0 Å². The number of benzene rings is 3. The number of nitrogens with zero attached hydrogens (tertiary/aromatic N) is 3. The first-order valence-electron chi connectivity index (χ1n) is 14.4. The van der Waals surface area contributed by atoms with Crippen molar-refractivity contribution in [3.63, 3.8) is 0 Å². The van der Waals surface area contributed by atoms with Crippen LogP contribution >= 0.6 is 0 Å². The van der Waals surface area contributed by atoms with Gasteiger partial charge in [-0.05, 0) is 32.4 Å². The number of para-hydroxylation sites is 1. The van der Waals surface area contributed by atoms with Crippen LogP contribution in [0, 0.1) is 0 Å². The molecule has 4 nitrogen and oxygen atoms in total. The van der Waals surface area contributed by atoms with Crippen LogP contribution in [0.5, 0.6) is 5.75 Å². The van der Waals surface area contributed by atoms with Gasteiger partial charge in [-0.25, -0.2) is 4.98 Å². The van der Waals surface area contributed by atoms with Gasteiger partial charge in [0.25, 0.3) is 0 Å². The quantitative estimate of drug-likeness (QED) is 0.150. The lowest BCUT2D eigenvalue weighted by molar-refractivity contribution is 0.240. The zero-order valence-electron chi connectivity index (χ0n) is 23.4. The standard InChI is InChI=1S/C34H43N3O/c1-4-7-17-25-37-31(27-36(24-8-5-2)26-30-22-15-16-23-32(30)38-6-3)33(28-18-11-9-12-19-28)35-34(37)29-20-13-10-14-21-29/h9-16,18-23H,4-8,17,24-27H2,1-3H3. The van der Waals surface area contributed by atoms with Gasteiger partial charge in [-0.3, -0.25) is 4.90 Å². The van der Waals surface area contributed by atoms with E-state index in [-0.39, 0.29) is 0 Å². The van der Waals surface area contributed by atoms with Gasteiger partial charge in [-0.1, -0.05) is 112 Å². The minimum atomic E-state index is 0.675. The molecule has 0 amide bonds. The molecule has 1 heterocycles. The summed E-state index contributed by atoms with van der Waals surface area (Å²) in [6, 6.07) is 29.8. The highest BCUT2D eigenvalue weighted by molar-refractivity contribution is 5.68. The van der Waals surface area contributed by atoms with Crippen LogP contribution in [0.25, 0.3) is 22.6 Å². The lowest BCUT2D eigenvalue weighted by Crippen LogP contribution is -2.26. The van der Waals surface area contributed by atoms with Gasteiger partial charge in [0.2, 0.25) is 0 Å². The molecule has 4 rings (SSSR count). The fourth-order valence-corrected chi connectivity index (χ4v) is 5.02. The Morgan fingerprint density at radius 3 is 2.05 bits per heavy atom. The number of hydrogen-bond donors (Lipinski definition) is 0. The van der Waals surface area contributed by atoms with E-state index in [2.05, 4.69) is 115 Å². The molecule has 0 aliphatic heterocycles. The average Bonchev–Trinajstić information content (AvgIpc) is 3.31. The maximum absolute atomic E-state index is 5.99. The van der Waals surface area contributed by atoms with Crippen molar-refractivity contribution in [2.45, 2.75) is 72.5 Å². The molecular weight excluding hydrogens is 466 g/mol. The summed E-state index contributed by atoms with van der Waals surface area (Å²) < 4.78 is 8.49. The third-order valence-corrected chi connectivity index (χ3v) is 7.00. The van der Waals surface area contributed by atoms with Gasteiger partial charge >= 0.3 is 0 Å². The van der Waals surface area contributed by atoms with Gasteiger partial charge < -0.3 is 9.30 Å². The van der Waals surface area contributed by atoms with Crippen LogP contribution in [0.15, 0.2) is 84.9 Å². The molecule has 0 aliphatic rings. The number of imidazole rings is 1. The highest BCUT2D eigenvalue weighted by atomic mass is 16.5. The number of aromatic nitrogens is 2. The lowest BCUT2D eigenvalue weighted by Gasteiger charge is -2.25. The normalized spacial score (nSPS) is 11.3. The average molecular weight is 510 g/mol. The summed E-state index contributed by atoms with van der Waals surface area (Å²) in [7, 11) is 0. The monoisotopic (exact) mass is 509 g/mol. The minimum absolute atomic E-state index is 0.675. The largest absolute Gasteiger partial charge is 0.494 e. The Bertz CT molecular complexity index is 1230. The Kier molecular flexibility index (Phi) is 10.6. The molecule has 0 aliphatic carbocycles. The van der Waals surface area contributed by atoms with Crippen LogP contribution in [0.4, 0.5) is 0 Å². The molecule has 4 aromatic rings. The van der Waals surface area contributed by atoms with Gasteiger partial charge in [-0.2, -0.15) is 0 Å². The lowest BCUT2D eigenvalue weighted by atomic mass is 10.1. The van der Waals surface area contributed by atoms with Crippen LogP contribution in [-0.2, 0) is 19.6 Å². The summed E-state index contributed by atoms with van der Waals surface area (Å²) in [5, 5.41) is 0. The Labute approximate surface area is 229 Å². The number of unbranched alkanes of at least 4 members (excludes halogenated alkanes) is 3. The molecule has 0 saturated heterocycles. The predicted molar refractivity (Wildman–Crippen MR) is 159 cm³/mol. The Hall–Kier alpha value is -3.37. The third kappa shape index (κ3) is 7.14. The molecule has 0 unspecified atom stereocenters.